The molecule has 0 radical (unpaired) electrons. The fraction of sp³-hybridized carbons (Fsp3) is 0.500. The van der Waals surface area contributed by atoms with Crippen LogP contribution in [-0.2, 0) is 35.1 Å². The zero-order valence-electron chi connectivity index (χ0n) is 44.6. The van der Waals surface area contributed by atoms with Crippen molar-refractivity contribution in [3.8, 4) is 11.1 Å². The van der Waals surface area contributed by atoms with Crippen LogP contribution in [0, 0.1) is 17.8 Å². The maximum Gasteiger partial charge on any atom is 0.407 e. The van der Waals surface area contributed by atoms with Crippen LogP contribution in [0.5, 0.6) is 0 Å². The lowest BCUT2D eigenvalue weighted by molar-refractivity contribution is -0.142. The number of ether oxygens (including phenoxy) is 2. The minimum Gasteiger partial charge on any atom is -0.481 e. The van der Waals surface area contributed by atoms with E-state index >= 15 is 0 Å². The van der Waals surface area contributed by atoms with Gasteiger partial charge in [0.25, 0.3) is 5.91 Å². The molecule has 2 heterocycles. The molecule has 0 saturated carbocycles. The number of likely N-dealkylation sites (tertiary alicyclic amines) is 1. The maximum atomic E-state index is 14.5. The van der Waals surface area contributed by atoms with Crippen molar-refractivity contribution in [2.24, 2.45) is 17.8 Å². The number of fused-ring (bicyclic) bond motifs is 3. The van der Waals surface area contributed by atoms with Gasteiger partial charge in [0.15, 0.2) is 6.10 Å². The van der Waals surface area contributed by atoms with Crippen molar-refractivity contribution < 1.29 is 48.1 Å². The van der Waals surface area contributed by atoms with Crippen molar-refractivity contribution in [3.05, 3.63) is 106 Å². The summed E-state index contributed by atoms with van der Waals surface area (Å²) in [5, 5.41) is 25.7. The molecule has 6 unspecified atom stereocenters. The summed E-state index contributed by atoms with van der Waals surface area (Å²) in [5.41, 5.74) is 4.86. The van der Waals surface area contributed by atoms with Gasteiger partial charge in [0.1, 0.15) is 29.9 Å². The number of thiazole rings is 1. The van der Waals surface area contributed by atoms with Gasteiger partial charge in [0.05, 0.1) is 11.5 Å². The molecule has 18 nitrogen and oxygen atoms in total. The Morgan fingerprint density at radius 3 is 2.12 bits per heavy atom. The summed E-state index contributed by atoms with van der Waals surface area (Å²) < 4.78 is 11.5. The first-order chi connectivity index (χ1) is 35.7. The monoisotopic (exact) mass is 1050 g/mol. The predicted molar refractivity (Wildman–Crippen MR) is 287 cm³/mol. The minimum atomic E-state index is -1.03. The Labute approximate surface area is 444 Å². The molecular formula is C56H74N8O10S. The molecule has 1 aliphatic carbocycles. The van der Waals surface area contributed by atoms with Crippen molar-refractivity contribution in [2.75, 3.05) is 45.7 Å². The molecule has 0 spiro atoms. The number of rotatable bonds is 24. The Kier molecular flexibility index (Phi) is 20.0. The highest BCUT2D eigenvalue weighted by Gasteiger charge is 2.44. The molecule has 1 saturated heterocycles. The standard InChI is InChI=1S/C56H74N8O10S/c1-10-34(5)48(62-53(70)56(7)25-16-26-63(56)8)51(67)64(9)45(33(3)4)29-46(74-55(72)57-11-2)50-61-44(32-75-50)49(66)60-38(27-35(6)52(68)69)28-36-21-23-37(24-22-36)59-47(65)30-58-54(71)73-31-43-41-19-14-12-17-39(41)40-18-13-15-20-42(40)43/h12-15,17-24,32-35,38,43,45-46,48H,10-11,16,25-31H2,1-9H3,(H,57,72)(H,58,71)(H,59,65)(H,60,66)(H,62,70)(H,68,69)/t34?,35?,38?,45?,46?,48?,56-/m1/s1. The fourth-order valence-corrected chi connectivity index (χ4v) is 10.7. The van der Waals surface area contributed by atoms with Crippen molar-refractivity contribution in [1.82, 2.24) is 36.1 Å². The number of aromatic nitrogens is 1. The van der Waals surface area contributed by atoms with Crippen LogP contribution in [0.25, 0.3) is 11.1 Å². The Morgan fingerprint density at radius 1 is 0.880 bits per heavy atom. The summed E-state index contributed by atoms with van der Waals surface area (Å²) in [6.45, 7) is 13.9. The van der Waals surface area contributed by atoms with Crippen LogP contribution in [0.15, 0.2) is 78.2 Å². The van der Waals surface area contributed by atoms with Crippen LogP contribution in [0.3, 0.4) is 0 Å². The Hall–Kier alpha value is -6.86. The summed E-state index contributed by atoms with van der Waals surface area (Å²) in [6, 6.07) is 20.9. The van der Waals surface area contributed by atoms with Gasteiger partial charge < -0.3 is 46.1 Å². The van der Waals surface area contributed by atoms with Crippen LogP contribution < -0.4 is 26.6 Å². The lowest BCUT2D eigenvalue weighted by Crippen LogP contribution is -2.60. The van der Waals surface area contributed by atoms with Crippen LogP contribution in [0.1, 0.15) is 125 Å². The number of alkyl carbamates (subject to hydrolysis) is 2. The predicted octanol–water partition coefficient (Wildman–Crippen LogP) is 7.75. The molecule has 1 aliphatic heterocycles. The second kappa shape index (κ2) is 26.1. The average molecular weight is 1050 g/mol. The van der Waals surface area contributed by atoms with Gasteiger partial charge in [-0.1, -0.05) is 102 Å². The van der Waals surface area contributed by atoms with E-state index in [1.807, 2.05) is 95.1 Å². The zero-order valence-corrected chi connectivity index (χ0v) is 45.4. The summed E-state index contributed by atoms with van der Waals surface area (Å²) >= 11 is 1.12. The lowest BCUT2D eigenvalue weighted by atomic mass is 9.91. The number of hydrogen-bond acceptors (Lipinski definition) is 12. The third kappa shape index (κ3) is 14.5. The van der Waals surface area contributed by atoms with Gasteiger partial charge in [0, 0.05) is 49.1 Å². The second-order valence-corrected chi connectivity index (χ2v) is 21.3. The van der Waals surface area contributed by atoms with Gasteiger partial charge in [-0.3, -0.25) is 28.9 Å². The summed E-state index contributed by atoms with van der Waals surface area (Å²) in [6.07, 6.45) is 0.284. The van der Waals surface area contributed by atoms with Gasteiger partial charge in [-0.2, -0.15) is 0 Å². The Morgan fingerprint density at radius 2 is 1.53 bits per heavy atom. The van der Waals surface area contributed by atoms with Gasteiger partial charge in [-0.05, 0) is 105 Å². The highest BCUT2D eigenvalue weighted by Crippen LogP contribution is 2.44. The van der Waals surface area contributed by atoms with Crippen molar-refractivity contribution in [3.63, 3.8) is 0 Å². The summed E-state index contributed by atoms with van der Waals surface area (Å²) in [4.78, 5) is 101. The van der Waals surface area contributed by atoms with E-state index in [0.717, 1.165) is 52.1 Å². The van der Waals surface area contributed by atoms with Gasteiger partial charge in [0.2, 0.25) is 17.7 Å². The Balaban J connectivity index is 1.08. The van der Waals surface area contributed by atoms with E-state index in [0.29, 0.717) is 30.1 Å². The third-order valence-corrected chi connectivity index (χ3v) is 15.7. The lowest BCUT2D eigenvalue weighted by Gasteiger charge is -2.38. The van der Waals surface area contributed by atoms with E-state index < -0.39 is 65.7 Å². The number of aliphatic carboxylic acids is 1. The number of carboxylic acids is 1. The molecule has 7 atom stereocenters. The van der Waals surface area contributed by atoms with E-state index in [1.54, 1.807) is 55.4 Å². The molecule has 404 valence electrons. The molecule has 3 aromatic carbocycles. The quantitative estimate of drug-likeness (QED) is 0.0395. The van der Waals surface area contributed by atoms with Crippen molar-refractivity contribution in [2.45, 2.75) is 123 Å². The Bertz CT molecular complexity index is 2620. The van der Waals surface area contributed by atoms with Crippen LogP contribution in [0.4, 0.5) is 15.3 Å². The van der Waals surface area contributed by atoms with E-state index in [2.05, 4.69) is 31.6 Å². The summed E-state index contributed by atoms with van der Waals surface area (Å²) in [7, 11) is 3.61. The number of carbonyl (C=O) groups excluding carboxylic acids is 6. The van der Waals surface area contributed by atoms with Crippen molar-refractivity contribution >= 4 is 58.8 Å². The largest absolute Gasteiger partial charge is 0.481 e. The second-order valence-electron chi connectivity index (χ2n) is 20.4. The van der Waals surface area contributed by atoms with E-state index in [4.69, 9.17) is 9.47 Å². The first-order valence-corrected chi connectivity index (χ1v) is 26.8. The first kappa shape index (κ1) is 57.4. The van der Waals surface area contributed by atoms with Crippen LogP contribution >= 0.6 is 11.3 Å². The van der Waals surface area contributed by atoms with E-state index in [-0.39, 0.29) is 67.7 Å². The zero-order chi connectivity index (χ0) is 54.6. The molecule has 1 fully saturated rings. The highest BCUT2D eigenvalue weighted by atomic mass is 32.1. The van der Waals surface area contributed by atoms with Gasteiger partial charge in [-0.25, -0.2) is 14.6 Å². The third-order valence-electron chi connectivity index (χ3n) is 14.8. The minimum absolute atomic E-state index is 0.0349. The molecule has 6 amide bonds. The average Bonchev–Trinajstić information content (AvgIpc) is 4.11. The normalized spacial score (nSPS) is 17.5. The number of benzene rings is 3. The molecule has 75 heavy (non-hydrogen) atoms. The number of nitrogens with zero attached hydrogens (tertiary/aromatic N) is 3. The number of likely N-dealkylation sites (N-methyl/N-ethyl adjacent to an activating group) is 2. The fourth-order valence-electron chi connectivity index (χ4n) is 9.89. The van der Waals surface area contributed by atoms with E-state index in [1.165, 1.54) is 0 Å². The van der Waals surface area contributed by atoms with E-state index in [9.17, 15) is 38.7 Å². The van der Waals surface area contributed by atoms with Crippen LogP contribution in [-0.4, -0.2) is 126 Å². The molecular weight excluding hydrogens is 977 g/mol. The van der Waals surface area contributed by atoms with Gasteiger partial charge >= 0.3 is 18.2 Å². The number of amides is 6. The topological polar surface area (TPSA) is 238 Å². The smallest absolute Gasteiger partial charge is 0.407 e. The molecule has 1 aromatic heterocycles. The molecule has 6 rings (SSSR count). The molecule has 6 N–H and O–H groups in total. The SMILES string of the molecule is CCNC(=O)OC(CC(C(C)C)N(C)C(=O)C(NC(=O)[C@@]1(C)CCCN1C)C(C)CC)c1nc(C(=O)NC(Cc2ccc(NC(=O)CNC(=O)OCC3c4ccccc4-c4ccccc43)cc2)CC(C)C(=O)O)cs1. The number of anilines is 1. The molecule has 2 aliphatic rings. The molecule has 19 heteroatoms. The van der Waals surface area contributed by atoms with Crippen molar-refractivity contribution in [1.29, 1.82) is 0 Å². The maximum absolute atomic E-state index is 14.5. The highest BCUT2D eigenvalue weighted by molar-refractivity contribution is 7.09. The number of hydrogen-bond donors (Lipinski definition) is 6. The summed E-state index contributed by atoms with van der Waals surface area (Å²) in [5.74, 6) is -3.77. The first-order valence-electron chi connectivity index (χ1n) is 25.9. The molecule has 0 bridgehead atoms. The number of carbonyl (C=O) groups is 7. The number of carboxylic acid groups (broad SMARTS) is 1. The van der Waals surface area contributed by atoms with Gasteiger partial charge in [-0.15, -0.1) is 11.3 Å². The van der Waals surface area contributed by atoms with Crippen LogP contribution in [0.2, 0.25) is 0 Å². The number of nitrogens with one attached hydrogen (secondary N) is 5. The molecule has 4 aromatic rings.